The first-order valence-corrected chi connectivity index (χ1v) is 15.8. The molecule has 2 amide bonds. The summed E-state index contributed by atoms with van der Waals surface area (Å²) in [5.41, 5.74) is 3.50. The van der Waals surface area contributed by atoms with E-state index in [0.717, 1.165) is 36.8 Å². The lowest BCUT2D eigenvalue weighted by Gasteiger charge is -2.26. The van der Waals surface area contributed by atoms with Crippen LogP contribution in [0.5, 0.6) is 23.0 Å². The van der Waals surface area contributed by atoms with Crippen molar-refractivity contribution in [3.05, 3.63) is 60.2 Å². The van der Waals surface area contributed by atoms with Gasteiger partial charge in [-0.15, -0.1) is 13.2 Å². The first kappa shape index (κ1) is 35.9. The van der Waals surface area contributed by atoms with Gasteiger partial charge in [0.05, 0.1) is 56.8 Å². The number of methoxy groups -OCH3 is 2. The van der Waals surface area contributed by atoms with Crippen molar-refractivity contribution in [1.29, 1.82) is 0 Å². The first-order chi connectivity index (χ1) is 22.3. The quantitative estimate of drug-likeness (QED) is 0.104. The average molecular weight is 633 g/mol. The van der Waals surface area contributed by atoms with Crippen LogP contribution >= 0.6 is 0 Å². The molecule has 0 radical (unpaired) electrons. The van der Waals surface area contributed by atoms with Gasteiger partial charge < -0.3 is 29.2 Å². The Balaban J connectivity index is 1.55. The molecule has 1 heterocycles. The molecule has 1 aliphatic rings. The Hall–Kier alpha value is -4.60. The van der Waals surface area contributed by atoms with E-state index in [1.54, 1.807) is 49.8 Å². The first-order valence-electron chi connectivity index (χ1n) is 15.8. The fraction of sp³-hybridized carbons (Fsp3) is 0.444. The molecule has 1 atom stereocenters. The van der Waals surface area contributed by atoms with Gasteiger partial charge in [-0.2, -0.15) is 0 Å². The van der Waals surface area contributed by atoms with E-state index in [1.165, 1.54) is 0 Å². The van der Waals surface area contributed by atoms with Gasteiger partial charge >= 0.3 is 0 Å². The van der Waals surface area contributed by atoms with Gasteiger partial charge in [0.2, 0.25) is 5.91 Å². The lowest BCUT2D eigenvalue weighted by atomic mass is 10.1. The zero-order chi connectivity index (χ0) is 33.5. The van der Waals surface area contributed by atoms with Gasteiger partial charge in [-0.25, -0.2) is 0 Å². The molecule has 0 aromatic heterocycles. The highest BCUT2D eigenvalue weighted by molar-refractivity contribution is 6.03. The van der Waals surface area contributed by atoms with E-state index in [2.05, 4.69) is 28.5 Å². The fourth-order valence-corrected chi connectivity index (χ4v) is 5.05. The number of ether oxygens (including phenoxy) is 4. The van der Waals surface area contributed by atoms with Crippen LogP contribution in [0.25, 0.3) is 0 Å². The molecule has 1 unspecified atom stereocenters. The Morgan fingerprint density at radius 1 is 1.04 bits per heavy atom. The molecule has 248 valence electrons. The molecule has 10 nitrogen and oxygen atoms in total. The summed E-state index contributed by atoms with van der Waals surface area (Å²) in [6, 6.07) is 6.97. The average Bonchev–Trinajstić information content (AvgIpc) is 3.16. The molecule has 0 spiro atoms. The SMILES string of the molecule is C=CCC1C=Nc2cc(OCCCCCOc3cc(N=CC)c(CC(=O)NCCC(=C)C)cc3OC)c(OC)cc2C(=O)N1CC. The molecule has 0 saturated carbocycles. The number of rotatable bonds is 19. The molecule has 0 fully saturated rings. The van der Waals surface area contributed by atoms with Crippen LogP contribution in [-0.4, -0.2) is 75.7 Å². The minimum absolute atomic E-state index is 0.0863. The Bertz CT molecular complexity index is 1430. The molecule has 2 aromatic carbocycles. The van der Waals surface area contributed by atoms with Gasteiger partial charge in [0, 0.05) is 37.7 Å². The van der Waals surface area contributed by atoms with E-state index in [4.69, 9.17) is 18.9 Å². The summed E-state index contributed by atoms with van der Waals surface area (Å²) in [7, 11) is 3.14. The molecular formula is C36H48N4O6. The van der Waals surface area contributed by atoms with Crippen LogP contribution in [0.3, 0.4) is 0 Å². The van der Waals surface area contributed by atoms with Crippen molar-refractivity contribution in [2.75, 3.05) is 40.5 Å². The second kappa shape index (κ2) is 18.4. The van der Waals surface area contributed by atoms with Crippen molar-refractivity contribution >= 4 is 35.6 Å². The van der Waals surface area contributed by atoms with E-state index in [9.17, 15) is 9.59 Å². The van der Waals surface area contributed by atoms with Crippen LogP contribution < -0.4 is 24.3 Å². The van der Waals surface area contributed by atoms with Crippen molar-refractivity contribution in [3.63, 3.8) is 0 Å². The number of unbranched alkanes of at least 4 members (excludes halogenated alkanes) is 2. The second-order valence-corrected chi connectivity index (χ2v) is 11.0. The summed E-state index contributed by atoms with van der Waals surface area (Å²) in [5.74, 6) is 1.99. The van der Waals surface area contributed by atoms with Crippen molar-refractivity contribution in [3.8, 4) is 23.0 Å². The van der Waals surface area contributed by atoms with Crippen molar-refractivity contribution in [2.45, 2.75) is 65.3 Å². The smallest absolute Gasteiger partial charge is 0.256 e. The number of nitrogens with one attached hydrogen (secondary N) is 1. The maximum atomic E-state index is 13.3. The van der Waals surface area contributed by atoms with Crippen LogP contribution in [0.15, 0.2) is 59.1 Å². The van der Waals surface area contributed by atoms with Crippen molar-refractivity contribution in [1.82, 2.24) is 10.2 Å². The maximum absolute atomic E-state index is 13.3. The summed E-state index contributed by atoms with van der Waals surface area (Å²) in [6.07, 6.45) is 9.29. The summed E-state index contributed by atoms with van der Waals surface area (Å²) in [5, 5.41) is 2.92. The third-order valence-corrected chi connectivity index (χ3v) is 7.47. The molecule has 0 saturated heterocycles. The molecular weight excluding hydrogens is 584 g/mol. The van der Waals surface area contributed by atoms with Crippen molar-refractivity contribution in [2.24, 2.45) is 9.98 Å². The topological polar surface area (TPSA) is 111 Å². The maximum Gasteiger partial charge on any atom is 0.256 e. The van der Waals surface area contributed by atoms with Gasteiger partial charge in [0.25, 0.3) is 5.91 Å². The predicted octanol–water partition coefficient (Wildman–Crippen LogP) is 6.80. The van der Waals surface area contributed by atoms with E-state index < -0.39 is 0 Å². The number of amides is 2. The predicted molar refractivity (Wildman–Crippen MR) is 184 cm³/mol. The number of nitrogens with zero attached hydrogens (tertiary/aromatic N) is 3. The Morgan fingerprint density at radius 3 is 2.33 bits per heavy atom. The van der Waals surface area contributed by atoms with Crippen LogP contribution in [-0.2, 0) is 11.2 Å². The zero-order valence-corrected chi connectivity index (χ0v) is 27.9. The number of hydrogen-bond acceptors (Lipinski definition) is 8. The zero-order valence-electron chi connectivity index (χ0n) is 27.9. The Kier molecular flexibility index (Phi) is 14.3. The number of carbonyl (C=O) groups excluding carboxylic acids is 2. The Labute approximate surface area is 273 Å². The summed E-state index contributed by atoms with van der Waals surface area (Å²) in [4.78, 5) is 36.6. The summed E-state index contributed by atoms with van der Waals surface area (Å²) in [6.45, 7) is 15.5. The number of aliphatic imine (C=N–C) groups is 2. The molecule has 2 aromatic rings. The summed E-state index contributed by atoms with van der Waals surface area (Å²) < 4.78 is 23.3. The normalized spacial score (nSPS) is 14.1. The molecule has 46 heavy (non-hydrogen) atoms. The number of hydrogen-bond donors (Lipinski definition) is 1. The second-order valence-electron chi connectivity index (χ2n) is 11.0. The van der Waals surface area contributed by atoms with E-state index in [1.807, 2.05) is 32.9 Å². The van der Waals surface area contributed by atoms with Gasteiger partial charge in [-0.05, 0) is 70.6 Å². The van der Waals surface area contributed by atoms with E-state index in [-0.39, 0.29) is 24.3 Å². The molecule has 1 N–H and O–H groups in total. The standard InChI is InChI=1S/C36H48N4O6/c1-8-14-27-24-39-30-23-34(32(44-7)21-28(30)36(42)40(27)10-3)46-18-13-11-12-17-45-33-22-29(37-9-2)26(19-31(33)43-6)20-35(41)38-16-15-25(4)5/h8-9,19,21-24,27H,1,4,10-18,20H2,2-3,5-7H3,(H,38,41). The van der Waals surface area contributed by atoms with Crippen LogP contribution in [0, 0.1) is 0 Å². The number of fused-ring (bicyclic) bond motifs is 1. The molecule has 3 rings (SSSR count). The molecule has 1 aliphatic heterocycles. The monoisotopic (exact) mass is 632 g/mol. The lowest BCUT2D eigenvalue weighted by molar-refractivity contribution is -0.120. The number of benzene rings is 2. The van der Waals surface area contributed by atoms with Crippen LogP contribution in [0.4, 0.5) is 11.4 Å². The molecule has 0 aliphatic carbocycles. The van der Waals surface area contributed by atoms with Gasteiger partial charge in [-0.3, -0.25) is 19.6 Å². The van der Waals surface area contributed by atoms with Crippen LogP contribution in [0.2, 0.25) is 0 Å². The highest BCUT2D eigenvalue weighted by atomic mass is 16.5. The third-order valence-electron chi connectivity index (χ3n) is 7.47. The van der Waals surface area contributed by atoms with Crippen molar-refractivity contribution < 1.29 is 28.5 Å². The van der Waals surface area contributed by atoms with Gasteiger partial charge in [0.1, 0.15) is 0 Å². The summed E-state index contributed by atoms with van der Waals surface area (Å²) >= 11 is 0. The van der Waals surface area contributed by atoms with E-state index in [0.29, 0.717) is 72.7 Å². The lowest BCUT2D eigenvalue weighted by Crippen LogP contribution is -2.40. The molecule has 10 heteroatoms. The molecule has 0 bridgehead atoms. The highest BCUT2D eigenvalue weighted by Gasteiger charge is 2.28. The van der Waals surface area contributed by atoms with E-state index >= 15 is 0 Å². The minimum Gasteiger partial charge on any atom is -0.493 e. The van der Waals surface area contributed by atoms with Gasteiger partial charge in [0.15, 0.2) is 23.0 Å². The Morgan fingerprint density at radius 2 is 1.72 bits per heavy atom. The van der Waals surface area contributed by atoms with Gasteiger partial charge in [-0.1, -0.05) is 11.6 Å². The van der Waals surface area contributed by atoms with Crippen LogP contribution in [0.1, 0.15) is 68.8 Å². The third kappa shape index (κ3) is 9.95. The fourth-order valence-electron chi connectivity index (χ4n) is 5.05. The largest absolute Gasteiger partial charge is 0.493 e. The highest BCUT2D eigenvalue weighted by Crippen LogP contribution is 2.38. The minimum atomic E-state index is -0.146. The number of carbonyl (C=O) groups is 2.